The van der Waals surface area contributed by atoms with Gasteiger partial charge in [0.2, 0.25) is 0 Å². The van der Waals surface area contributed by atoms with Gasteiger partial charge in [0, 0.05) is 18.3 Å². The molecule has 1 aliphatic rings. The molecule has 1 unspecified atom stereocenters. The molecule has 26 heavy (non-hydrogen) atoms. The highest BCUT2D eigenvalue weighted by molar-refractivity contribution is 14.0. The van der Waals surface area contributed by atoms with Crippen molar-refractivity contribution in [3.63, 3.8) is 0 Å². The number of hydrogen-bond acceptors (Lipinski definition) is 2. The van der Waals surface area contributed by atoms with Crippen LogP contribution >= 0.6 is 24.0 Å². The summed E-state index contributed by atoms with van der Waals surface area (Å²) in [5, 5.41) is 3.22. The monoisotopic (exact) mass is 464 g/mol. The molecule has 0 amide bonds. The second-order valence-corrected chi connectivity index (χ2v) is 6.94. The number of benzene rings is 2. The van der Waals surface area contributed by atoms with Crippen LogP contribution in [0.3, 0.4) is 0 Å². The van der Waals surface area contributed by atoms with Crippen molar-refractivity contribution in [3.05, 3.63) is 65.2 Å². The number of anilines is 1. The maximum atomic E-state index is 6.07. The fraction of sp³-hybridized carbons (Fsp3) is 0.381. The van der Waals surface area contributed by atoms with Crippen LogP contribution in [0.4, 0.5) is 5.69 Å². The van der Waals surface area contributed by atoms with Crippen molar-refractivity contribution >= 4 is 35.6 Å². The van der Waals surface area contributed by atoms with Crippen LogP contribution in [0.25, 0.3) is 0 Å². The Morgan fingerprint density at radius 3 is 2.65 bits per heavy atom. The lowest BCUT2D eigenvalue weighted by atomic mass is 10.1. The lowest BCUT2D eigenvalue weighted by Crippen LogP contribution is -2.32. The first-order valence-corrected chi connectivity index (χ1v) is 9.05. The largest absolute Gasteiger partial charge is 0.370 e. The van der Waals surface area contributed by atoms with E-state index in [-0.39, 0.29) is 24.0 Å². The van der Waals surface area contributed by atoms with Gasteiger partial charge in [-0.1, -0.05) is 36.4 Å². The average Bonchev–Trinajstić information content (AvgIpc) is 3.08. The number of rotatable bonds is 6. The van der Waals surface area contributed by atoms with Crippen LogP contribution in [0, 0.1) is 0 Å². The van der Waals surface area contributed by atoms with E-state index >= 15 is 0 Å². The Bertz CT molecular complexity index is 730. The van der Waals surface area contributed by atoms with Gasteiger partial charge in [-0.3, -0.25) is 9.89 Å². The molecule has 2 aromatic carbocycles. The predicted molar refractivity (Wildman–Crippen MR) is 121 cm³/mol. The van der Waals surface area contributed by atoms with E-state index in [1.165, 1.54) is 36.0 Å². The van der Waals surface area contributed by atoms with Gasteiger partial charge in [0.25, 0.3) is 0 Å². The molecule has 3 N–H and O–H groups in total. The summed E-state index contributed by atoms with van der Waals surface area (Å²) < 4.78 is 0. The molecule has 140 valence electrons. The maximum Gasteiger partial charge on any atom is 0.193 e. The van der Waals surface area contributed by atoms with E-state index < -0.39 is 0 Å². The van der Waals surface area contributed by atoms with Crippen LogP contribution in [0.2, 0.25) is 0 Å². The summed E-state index contributed by atoms with van der Waals surface area (Å²) in [6.07, 6.45) is 3.63. The molecule has 3 rings (SSSR count). The highest BCUT2D eigenvalue weighted by Crippen LogP contribution is 2.24. The number of guanidine groups is 1. The summed E-state index contributed by atoms with van der Waals surface area (Å²) in [6.45, 7) is 3.76. The third-order valence-electron chi connectivity index (χ3n) is 4.92. The number of aryl methyl sites for hydroxylation is 2. The van der Waals surface area contributed by atoms with Crippen molar-refractivity contribution in [3.8, 4) is 0 Å². The fourth-order valence-corrected chi connectivity index (χ4v) is 3.23. The minimum absolute atomic E-state index is 0. The van der Waals surface area contributed by atoms with E-state index in [1.54, 1.807) is 0 Å². The van der Waals surface area contributed by atoms with Gasteiger partial charge in [0.1, 0.15) is 0 Å². The number of nitrogens with two attached hydrogens (primary N) is 1. The van der Waals surface area contributed by atoms with Gasteiger partial charge < -0.3 is 11.1 Å². The molecule has 0 heterocycles. The minimum Gasteiger partial charge on any atom is -0.370 e. The second-order valence-electron chi connectivity index (χ2n) is 6.94. The highest BCUT2D eigenvalue weighted by atomic mass is 127. The number of nitrogens with one attached hydrogen (secondary N) is 1. The number of hydrogen-bond donors (Lipinski definition) is 2. The van der Waals surface area contributed by atoms with Crippen molar-refractivity contribution in [1.29, 1.82) is 0 Å². The first kappa shape index (κ1) is 20.7. The van der Waals surface area contributed by atoms with E-state index in [0.717, 1.165) is 12.2 Å². The van der Waals surface area contributed by atoms with Gasteiger partial charge in [0.05, 0.1) is 6.54 Å². The number of likely N-dealkylation sites (N-methyl/N-ethyl adjacent to an activating group) is 1. The third kappa shape index (κ3) is 5.71. The predicted octanol–water partition coefficient (Wildman–Crippen LogP) is 4.04. The SMILES string of the molecule is CC(CN=C(N)Nc1ccc2c(c1)CCC2)N(C)Cc1ccccc1.I. The fourth-order valence-electron chi connectivity index (χ4n) is 3.23. The normalized spacial score (nSPS) is 14.7. The zero-order chi connectivity index (χ0) is 17.6. The topological polar surface area (TPSA) is 53.6 Å². The van der Waals surface area contributed by atoms with E-state index in [2.05, 4.69) is 71.6 Å². The molecule has 1 atom stereocenters. The van der Waals surface area contributed by atoms with Gasteiger partial charge in [-0.15, -0.1) is 24.0 Å². The van der Waals surface area contributed by atoms with Crippen molar-refractivity contribution in [1.82, 2.24) is 4.90 Å². The lowest BCUT2D eigenvalue weighted by Gasteiger charge is -2.23. The van der Waals surface area contributed by atoms with E-state index in [0.29, 0.717) is 18.5 Å². The Morgan fingerprint density at radius 2 is 1.88 bits per heavy atom. The van der Waals surface area contributed by atoms with Crippen molar-refractivity contribution in [2.24, 2.45) is 10.7 Å². The molecule has 0 aromatic heterocycles. The molecule has 4 nitrogen and oxygen atoms in total. The first-order chi connectivity index (χ1) is 12.1. The summed E-state index contributed by atoms with van der Waals surface area (Å²) in [5.74, 6) is 0.484. The van der Waals surface area contributed by atoms with Gasteiger partial charge in [-0.25, -0.2) is 0 Å². The van der Waals surface area contributed by atoms with Gasteiger partial charge in [-0.2, -0.15) is 0 Å². The quantitative estimate of drug-likeness (QED) is 0.386. The molecule has 0 bridgehead atoms. The van der Waals surface area contributed by atoms with E-state index in [1.807, 2.05) is 6.07 Å². The Balaban J connectivity index is 0.00000243. The van der Waals surface area contributed by atoms with Crippen molar-refractivity contribution < 1.29 is 0 Å². The molecule has 0 spiro atoms. The standard InChI is InChI=1S/C21H28N4.HI/c1-16(25(2)15-17-7-4-3-5-8-17)14-23-21(22)24-20-12-11-18-9-6-10-19(18)13-20;/h3-5,7-8,11-13,16H,6,9-10,14-15H2,1-2H3,(H3,22,23,24);1H. The number of nitrogens with zero attached hydrogens (tertiary/aromatic N) is 2. The van der Waals surface area contributed by atoms with E-state index in [4.69, 9.17) is 5.73 Å². The zero-order valence-corrected chi connectivity index (χ0v) is 17.9. The minimum atomic E-state index is 0. The second kappa shape index (κ2) is 9.92. The molecule has 1 aliphatic carbocycles. The smallest absolute Gasteiger partial charge is 0.193 e. The molecule has 0 aliphatic heterocycles. The van der Waals surface area contributed by atoms with Gasteiger partial charge >= 0.3 is 0 Å². The molecular formula is C21H29IN4. The van der Waals surface area contributed by atoms with Crippen LogP contribution < -0.4 is 11.1 Å². The maximum absolute atomic E-state index is 6.07. The molecule has 0 saturated heterocycles. The molecule has 0 radical (unpaired) electrons. The Morgan fingerprint density at radius 1 is 1.15 bits per heavy atom. The lowest BCUT2D eigenvalue weighted by molar-refractivity contribution is 0.255. The highest BCUT2D eigenvalue weighted by Gasteiger charge is 2.12. The molecule has 0 saturated carbocycles. The van der Waals surface area contributed by atoms with Crippen molar-refractivity contribution in [2.75, 3.05) is 18.9 Å². The van der Waals surface area contributed by atoms with Gasteiger partial charge in [0.15, 0.2) is 5.96 Å². The molecule has 5 heteroatoms. The molecule has 2 aromatic rings. The average molecular weight is 464 g/mol. The van der Waals surface area contributed by atoms with Gasteiger partial charge in [-0.05, 0) is 62.1 Å². The Kier molecular flexibility index (Phi) is 7.90. The summed E-state index contributed by atoms with van der Waals surface area (Å²) in [4.78, 5) is 6.81. The van der Waals surface area contributed by atoms with Crippen molar-refractivity contribution in [2.45, 2.75) is 38.8 Å². The van der Waals surface area contributed by atoms with Crippen LogP contribution in [0.5, 0.6) is 0 Å². The number of aliphatic imine (C=N–C) groups is 1. The van der Waals surface area contributed by atoms with Crippen LogP contribution in [-0.4, -0.2) is 30.5 Å². The van der Waals surface area contributed by atoms with Crippen LogP contribution in [-0.2, 0) is 19.4 Å². The Hall–Kier alpha value is -1.60. The third-order valence-corrected chi connectivity index (χ3v) is 4.92. The summed E-state index contributed by atoms with van der Waals surface area (Å²) in [6, 6.07) is 17.3. The number of halogens is 1. The summed E-state index contributed by atoms with van der Waals surface area (Å²) in [7, 11) is 2.12. The van der Waals surface area contributed by atoms with Crippen LogP contribution in [0.15, 0.2) is 53.5 Å². The Labute approximate surface area is 173 Å². The van der Waals surface area contributed by atoms with E-state index in [9.17, 15) is 0 Å². The summed E-state index contributed by atoms with van der Waals surface area (Å²) >= 11 is 0. The zero-order valence-electron chi connectivity index (χ0n) is 15.6. The first-order valence-electron chi connectivity index (χ1n) is 9.05. The molecule has 0 fully saturated rings. The molecular weight excluding hydrogens is 435 g/mol. The summed E-state index contributed by atoms with van der Waals surface area (Å²) in [5.41, 5.74) is 11.3. The number of fused-ring (bicyclic) bond motifs is 1. The van der Waals surface area contributed by atoms with Crippen LogP contribution in [0.1, 0.15) is 30.0 Å².